The molecule has 2 atom stereocenters. The van der Waals surface area contributed by atoms with Crippen molar-refractivity contribution in [1.29, 1.82) is 0 Å². The maximum Gasteiger partial charge on any atom is 0.119 e. The lowest BCUT2D eigenvalue weighted by Crippen LogP contribution is -2.34. The van der Waals surface area contributed by atoms with Crippen molar-refractivity contribution in [3.05, 3.63) is 29.8 Å². The Morgan fingerprint density at radius 3 is 2.71 bits per heavy atom. The van der Waals surface area contributed by atoms with Gasteiger partial charge in [0, 0.05) is 12.0 Å². The highest BCUT2D eigenvalue weighted by Crippen LogP contribution is 2.47. The van der Waals surface area contributed by atoms with Gasteiger partial charge < -0.3 is 10.5 Å². The molecule has 0 amide bonds. The van der Waals surface area contributed by atoms with Crippen LogP contribution in [0.3, 0.4) is 0 Å². The first kappa shape index (κ1) is 12.4. The van der Waals surface area contributed by atoms with Crippen molar-refractivity contribution in [3.8, 4) is 5.75 Å². The van der Waals surface area contributed by atoms with Crippen LogP contribution in [-0.4, -0.2) is 19.3 Å². The summed E-state index contributed by atoms with van der Waals surface area (Å²) in [5, 5.41) is 0. The van der Waals surface area contributed by atoms with Gasteiger partial charge in [-0.15, -0.1) is 0 Å². The van der Waals surface area contributed by atoms with E-state index in [0.29, 0.717) is 19.4 Å². The minimum atomic E-state index is -1.09. The lowest BCUT2D eigenvalue weighted by molar-refractivity contribution is 0.187. The highest BCUT2D eigenvalue weighted by Gasteiger charge is 2.46. The summed E-state index contributed by atoms with van der Waals surface area (Å²) in [6, 6.07) is 7.85. The van der Waals surface area contributed by atoms with Gasteiger partial charge in [-0.25, -0.2) is 4.39 Å². The minimum Gasteiger partial charge on any atom is -0.497 e. The molecule has 1 fully saturated rings. The van der Waals surface area contributed by atoms with E-state index in [1.54, 1.807) is 14.0 Å². The van der Waals surface area contributed by atoms with Gasteiger partial charge in [0.25, 0.3) is 0 Å². The van der Waals surface area contributed by atoms with Gasteiger partial charge in [-0.05, 0) is 43.9 Å². The summed E-state index contributed by atoms with van der Waals surface area (Å²) in [5.41, 5.74) is 5.68. The molecule has 94 valence electrons. The third kappa shape index (κ3) is 2.29. The second-order valence-electron chi connectivity index (χ2n) is 5.31. The van der Waals surface area contributed by atoms with Crippen molar-refractivity contribution < 1.29 is 9.13 Å². The van der Waals surface area contributed by atoms with Crippen molar-refractivity contribution in [1.82, 2.24) is 0 Å². The van der Waals surface area contributed by atoms with E-state index in [4.69, 9.17) is 10.5 Å². The molecule has 3 heteroatoms. The Labute approximate surface area is 102 Å². The first-order valence-electron chi connectivity index (χ1n) is 6.05. The van der Waals surface area contributed by atoms with Gasteiger partial charge in [0.1, 0.15) is 11.4 Å². The Kier molecular flexibility index (Phi) is 3.13. The predicted molar refractivity (Wildman–Crippen MR) is 67.1 cm³/mol. The fourth-order valence-corrected chi connectivity index (χ4v) is 2.87. The van der Waals surface area contributed by atoms with Gasteiger partial charge >= 0.3 is 0 Å². The number of ether oxygens (including phenoxy) is 1. The molecule has 1 saturated carbocycles. The van der Waals surface area contributed by atoms with E-state index in [2.05, 4.69) is 0 Å². The highest BCUT2D eigenvalue weighted by molar-refractivity contribution is 5.36. The molecule has 1 aromatic carbocycles. The normalized spacial score (nSPS) is 32.7. The molecular weight excluding hydrogens is 217 g/mol. The standard InChI is InChI=1S/C14H20FNO/c1-13(15)6-7-14(9-13,10-16)11-4-3-5-12(8-11)17-2/h3-5,8H,6-7,9-10,16H2,1-2H3. The van der Waals surface area contributed by atoms with E-state index < -0.39 is 5.67 Å². The lowest BCUT2D eigenvalue weighted by atomic mass is 9.78. The molecule has 1 aromatic rings. The molecule has 2 rings (SSSR count). The predicted octanol–water partition coefficient (Wildman–Crippen LogP) is 2.80. The molecule has 1 aliphatic rings. The molecule has 2 nitrogen and oxygen atoms in total. The molecule has 0 saturated heterocycles. The molecule has 0 aliphatic heterocycles. The van der Waals surface area contributed by atoms with E-state index in [-0.39, 0.29) is 5.41 Å². The first-order chi connectivity index (χ1) is 8.01. The summed E-state index contributed by atoms with van der Waals surface area (Å²) < 4.78 is 19.3. The van der Waals surface area contributed by atoms with Crippen molar-refractivity contribution in [2.45, 2.75) is 37.3 Å². The van der Waals surface area contributed by atoms with Crippen LogP contribution in [0.15, 0.2) is 24.3 Å². The molecule has 2 unspecified atom stereocenters. The smallest absolute Gasteiger partial charge is 0.119 e. The third-order valence-electron chi connectivity index (χ3n) is 3.90. The van der Waals surface area contributed by atoms with Crippen LogP contribution in [-0.2, 0) is 5.41 Å². The van der Waals surface area contributed by atoms with Gasteiger partial charge in [0.05, 0.1) is 7.11 Å². The van der Waals surface area contributed by atoms with Gasteiger partial charge in [-0.3, -0.25) is 0 Å². The van der Waals surface area contributed by atoms with Crippen LogP contribution < -0.4 is 10.5 Å². The Balaban J connectivity index is 2.35. The van der Waals surface area contributed by atoms with Crippen LogP contribution >= 0.6 is 0 Å². The van der Waals surface area contributed by atoms with Crippen LogP contribution in [0, 0.1) is 0 Å². The number of hydrogen-bond acceptors (Lipinski definition) is 2. The highest BCUT2D eigenvalue weighted by atomic mass is 19.1. The van der Waals surface area contributed by atoms with Crippen molar-refractivity contribution in [3.63, 3.8) is 0 Å². The van der Waals surface area contributed by atoms with E-state index in [0.717, 1.165) is 17.7 Å². The number of methoxy groups -OCH3 is 1. The Bertz CT molecular complexity index is 405. The quantitative estimate of drug-likeness (QED) is 0.877. The fraction of sp³-hybridized carbons (Fsp3) is 0.571. The average molecular weight is 237 g/mol. The minimum absolute atomic E-state index is 0.224. The van der Waals surface area contributed by atoms with Crippen molar-refractivity contribution >= 4 is 0 Å². The first-order valence-corrected chi connectivity index (χ1v) is 6.05. The monoisotopic (exact) mass is 237 g/mol. The largest absolute Gasteiger partial charge is 0.497 e. The number of benzene rings is 1. The Hall–Kier alpha value is -1.09. The lowest BCUT2D eigenvalue weighted by Gasteiger charge is -2.29. The molecular formula is C14H20FNO. The van der Waals surface area contributed by atoms with Gasteiger partial charge in [0.2, 0.25) is 0 Å². The molecule has 17 heavy (non-hydrogen) atoms. The number of hydrogen-bond donors (Lipinski definition) is 1. The number of rotatable bonds is 3. The molecule has 0 spiro atoms. The zero-order chi connectivity index (χ0) is 12.5. The topological polar surface area (TPSA) is 35.2 Å². The van der Waals surface area contributed by atoms with Crippen LogP contribution in [0.2, 0.25) is 0 Å². The van der Waals surface area contributed by atoms with E-state index in [1.807, 2.05) is 24.3 Å². The van der Waals surface area contributed by atoms with E-state index in [9.17, 15) is 4.39 Å². The van der Waals surface area contributed by atoms with E-state index in [1.165, 1.54) is 0 Å². The zero-order valence-electron chi connectivity index (χ0n) is 10.5. The number of nitrogens with two attached hydrogens (primary N) is 1. The fourth-order valence-electron chi connectivity index (χ4n) is 2.87. The average Bonchev–Trinajstić information content (AvgIpc) is 2.66. The number of halogens is 1. The SMILES string of the molecule is COc1cccc(C2(CN)CCC(C)(F)C2)c1. The zero-order valence-corrected chi connectivity index (χ0v) is 10.5. The molecule has 1 aliphatic carbocycles. The van der Waals surface area contributed by atoms with Crippen molar-refractivity contribution in [2.24, 2.45) is 5.73 Å². The summed E-state index contributed by atoms with van der Waals surface area (Å²) in [6.07, 6.45) is 1.90. The van der Waals surface area contributed by atoms with Gasteiger partial charge in [-0.2, -0.15) is 0 Å². The second kappa shape index (κ2) is 4.30. The van der Waals surface area contributed by atoms with Crippen LogP contribution in [0.25, 0.3) is 0 Å². The van der Waals surface area contributed by atoms with Gasteiger partial charge in [0.15, 0.2) is 0 Å². The summed E-state index contributed by atoms with van der Waals surface area (Å²) >= 11 is 0. The second-order valence-corrected chi connectivity index (χ2v) is 5.31. The van der Waals surface area contributed by atoms with Gasteiger partial charge in [-0.1, -0.05) is 12.1 Å². The van der Waals surface area contributed by atoms with Crippen LogP contribution in [0.5, 0.6) is 5.75 Å². The number of alkyl halides is 1. The van der Waals surface area contributed by atoms with Crippen molar-refractivity contribution in [2.75, 3.05) is 13.7 Å². The Morgan fingerprint density at radius 2 is 2.18 bits per heavy atom. The van der Waals surface area contributed by atoms with Crippen LogP contribution in [0.4, 0.5) is 4.39 Å². The maximum atomic E-state index is 14.1. The summed E-state index contributed by atoms with van der Waals surface area (Å²) in [4.78, 5) is 0. The molecule has 0 bridgehead atoms. The molecule has 0 heterocycles. The summed E-state index contributed by atoms with van der Waals surface area (Å²) in [7, 11) is 1.64. The maximum absolute atomic E-state index is 14.1. The third-order valence-corrected chi connectivity index (χ3v) is 3.90. The molecule has 2 N–H and O–H groups in total. The van der Waals surface area contributed by atoms with Crippen LogP contribution in [0.1, 0.15) is 31.7 Å². The summed E-state index contributed by atoms with van der Waals surface area (Å²) in [6.45, 7) is 2.16. The molecule has 0 aromatic heterocycles. The Morgan fingerprint density at radius 1 is 1.41 bits per heavy atom. The summed E-state index contributed by atoms with van der Waals surface area (Å²) in [5.74, 6) is 0.808. The molecule has 0 radical (unpaired) electrons. The van der Waals surface area contributed by atoms with E-state index >= 15 is 0 Å².